The van der Waals surface area contributed by atoms with Crippen LogP contribution in [0.1, 0.15) is 13.8 Å². The molecule has 4 heteroatoms. The van der Waals surface area contributed by atoms with Crippen molar-refractivity contribution in [1.82, 2.24) is 9.97 Å². The predicted molar refractivity (Wildman–Crippen MR) is 73.8 cm³/mol. The highest BCUT2D eigenvalue weighted by atomic mass is 79.9. The van der Waals surface area contributed by atoms with Gasteiger partial charge in [-0.15, -0.1) is 6.42 Å². The number of fused-ring (bicyclic) bond motifs is 1. The molecule has 0 spiro atoms. The van der Waals surface area contributed by atoms with Gasteiger partial charge in [0, 0.05) is 16.9 Å². The maximum Gasteiger partial charge on any atom is 0.112 e. The van der Waals surface area contributed by atoms with E-state index in [1.54, 1.807) is 12.4 Å². The van der Waals surface area contributed by atoms with E-state index in [0.717, 1.165) is 21.2 Å². The average Bonchev–Trinajstić information content (AvgIpc) is 2.28. The monoisotopic (exact) mass is 289 g/mol. The van der Waals surface area contributed by atoms with Crippen LogP contribution >= 0.6 is 15.9 Å². The Labute approximate surface area is 109 Å². The van der Waals surface area contributed by atoms with E-state index in [9.17, 15) is 0 Å². The summed E-state index contributed by atoms with van der Waals surface area (Å²) in [5.41, 5.74) is 2.13. The summed E-state index contributed by atoms with van der Waals surface area (Å²) in [6.45, 7) is 3.89. The standard InChI is InChI=1S/C13H12BrN3/c1-4-13(2,3)17-10-5-6-15-11-7-9(14)8-16-12(10)11/h1,5-8H,2-3H3,(H,15,17). The fraction of sp³-hybridized carbons (Fsp3) is 0.231. The molecule has 86 valence electrons. The van der Waals surface area contributed by atoms with Crippen molar-refractivity contribution < 1.29 is 0 Å². The summed E-state index contributed by atoms with van der Waals surface area (Å²) >= 11 is 3.38. The molecule has 0 fully saturated rings. The van der Waals surface area contributed by atoms with Crippen molar-refractivity contribution >= 4 is 32.7 Å². The Morgan fingerprint density at radius 1 is 1.41 bits per heavy atom. The zero-order chi connectivity index (χ0) is 12.5. The number of halogens is 1. The zero-order valence-electron chi connectivity index (χ0n) is 9.66. The summed E-state index contributed by atoms with van der Waals surface area (Å²) in [4.78, 5) is 8.63. The zero-order valence-corrected chi connectivity index (χ0v) is 11.2. The lowest BCUT2D eigenvalue weighted by Crippen LogP contribution is -2.28. The molecule has 0 aliphatic heterocycles. The average molecular weight is 290 g/mol. The van der Waals surface area contributed by atoms with Crippen molar-refractivity contribution in [1.29, 1.82) is 0 Å². The second-order valence-corrected chi connectivity index (χ2v) is 5.19. The van der Waals surface area contributed by atoms with E-state index >= 15 is 0 Å². The molecule has 0 unspecified atom stereocenters. The van der Waals surface area contributed by atoms with Gasteiger partial charge < -0.3 is 5.32 Å². The second kappa shape index (κ2) is 4.34. The largest absolute Gasteiger partial charge is 0.368 e. The van der Waals surface area contributed by atoms with E-state index in [2.05, 4.69) is 37.1 Å². The van der Waals surface area contributed by atoms with Gasteiger partial charge in [0.05, 0.1) is 16.7 Å². The molecule has 2 aromatic heterocycles. The van der Waals surface area contributed by atoms with Crippen molar-refractivity contribution in [3.05, 3.63) is 29.0 Å². The maximum atomic E-state index is 5.47. The number of aromatic nitrogens is 2. The SMILES string of the molecule is C#CC(C)(C)Nc1ccnc2cc(Br)cnc12. The highest BCUT2D eigenvalue weighted by Gasteiger charge is 2.15. The molecular weight excluding hydrogens is 278 g/mol. The molecule has 0 saturated carbocycles. The molecule has 0 atom stereocenters. The van der Waals surface area contributed by atoms with E-state index in [1.165, 1.54) is 0 Å². The van der Waals surface area contributed by atoms with Gasteiger partial charge in [0.25, 0.3) is 0 Å². The summed E-state index contributed by atoms with van der Waals surface area (Å²) in [5, 5.41) is 3.28. The van der Waals surface area contributed by atoms with Crippen LogP contribution in [0.4, 0.5) is 5.69 Å². The minimum absolute atomic E-state index is 0.414. The van der Waals surface area contributed by atoms with Gasteiger partial charge in [-0.05, 0) is 41.9 Å². The van der Waals surface area contributed by atoms with Crippen molar-refractivity contribution in [2.45, 2.75) is 19.4 Å². The third-order valence-electron chi connectivity index (χ3n) is 2.35. The molecule has 0 radical (unpaired) electrons. The molecule has 1 N–H and O–H groups in total. The molecule has 0 aliphatic carbocycles. The molecule has 0 amide bonds. The highest BCUT2D eigenvalue weighted by molar-refractivity contribution is 9.10. The number of nitrogens with zero attached hydrogens (tertiary/aromatic N) is 2. The topological polar surface area (TPSA) is 37.8 Å². The molecule has 0 aliphatic rings. The second-order valence-electron chi connectivity index (χ2n) is 4.27. The number of anilines is 1. The first-order valence-corrected chi connectivity index (χ1v) is 5.97. The Morgan fingerprint density at radius 3 is 2.88 bits per heavy atom. The van der Waals surface area contributed by atoms with E-state index in [-0.39, 0.29) is 0 Å². The molecular formula is C13H12BrN3. The van der Waals surface area contributed by atoms with Crippen LogP contribution in [0.15, 0.2) is 29.0 Å². The van der Waals surface area contributed by atoms with Crippen LogP contribution in [0.3, 0.4) is 0 Å². The lowest BCUT2D eigenvalue weighted by atomic mass is 10.1. The number of nitrogens with one attached hydrogen (secondary N) is 1. The first-order valence-electron chi connectivity index (χ1n) is 5.18. The normalized spacial score (nSPS) is 11.2. The molecule has 0 saturated heterocycles. The predicted octanol–water partition coefficient (Wildman–Crippen LogP) is 3.22. The van der Waals surface area contributed by atoms with Crippen LogP contribution < -0.4 is 5.32 Å². The summed E-state index contributed by atoms with van der Waals surface area (Å²) in [5.74, 6) is 2.70. The van der Waals surface area contributed by atoms with Gasteiger partial charge in [-0.3, -0.25) is 9.97 Å². The summed E-state index contributed by atoms with van der Waals surface area (Å²) in [6.07, 6.45) is 8.96. The Kier molecular flexibility index (Phi) is 3.03. The molecule has 2 aromatic rings. The number of hydrogen-bond donors (Lipinski definition) is 1. The lowest BCUT2D eigenvalue weighted by Gasteiger charge is -2.21. The number of rotatable bonds is 2. The van der Waals surface area contributed by atoms with Gasteiger partial charge in [-0.25, -0.2) is 0 Å². The van der Waals surface area contributed by atoms with Gasteiger partial charge in [-0.1, -0.05) is 5.92 Å². The number of terminal acetylenes is 1. The Balaban J connectivity index is 2.52. The van der Waals surface area contributed by atoms with Crippen molar-refractivity contribution in [3.63, 3.8) is 0 Å². The fourth-order valence-electron chi connectivity index (χ4n) is 1.48. The molecule has 2 heterocycles. The molecule has 2 rings (SSSR count). The summed E-state index contributed by atoms with van der Waals surface area (Å²) in [7, 11) is 0. The van der Waals surface area contributed by atoms with Gasteiger partial charge in [0.15, 0.2) is 0 Å². The van der Waals surface area contributed by atoms with Crippen LogP contribution in [0.5, 0.6) is 0 Å². The fourth-order valence-corrected chi connectivity index (χ4v) is 1.80. The van der Waals surface area contributed by atoms with E-state index in [1.807, 2.05) is 26.0 Å². The van der Waals surface area contributed by atoms with Crippen molar-refractivity contribution in [3.8, 4) is 12.3 Å². The van der Waals surface area contributed by atoms with Gasteiger partial charge in [0.2, 0.25) is 0 Å². The Morgan fingerprint density at radius 2 is 2.18 bits per heavy atom. The Hall–Kier alpha value is -1.60. The smallest absolute Gasteiger partial charge is 0.112 e. The molecule has 17 heavy (non-hydrogen) atoms. The number of hydrogen-bond acceptors (Lipinski definition) is 3. The first-order chi connectivity index (χ1) is 8.02. The minimum atomic E-state index is -0.414. The molecule has 0 aromatic carbocycles. The Bertz CT molecular complexity index is 599. The number of pyridine rings is 2. The van der Waals surface area contributed by atoms with Gasteiger partial charge in [-0.2, -0.15) is 0 Å². The van der Waals surface area contributed by atoms with E-state index < -0.39 is 5.54 Å². The third kappa shape index (κ3) is 2.56. The van der Waals surface area contributed by atoms with Crippen LogP contribution in [0.2, 0.25) is 0 Å². The molecule has 3 nitrogen and oxygen atoms in total. The highest BCUT2D eigenvalue weighted by Crippen LogP contribution is 2.24. The lowest BCUT2D eigenvalue weighted by molar-refractivity contribution is 0.742. The van der Waals surface area contributed by atoms with E-state index in [4.69, 9.17) is 6.42 Å². The summed E-state index contributed by atoms with van der Waals surface area (Å²) in [6, 6.07) is 3.80. The van der Waals surface area contributed by atoms with E-state index in [0.29, 0.717) is 0 Å². The van der Waals surface area contributed by atoms with Gasteiger partial charge >= 0.3 is 0 Å². The van der Waals surface area contributed by atoms with Crippen molar-refractivity contribution in [2.75, 3.05) is 5.32 Å². The quantitative estimate of drug-likeness (QED) is 0.863. The maximum absolute atomic E-state index is 5.47. The first kappa shape index (κ1) is 11.9. The van der Waals surface area contributed by atoms with Crippen LogP contribution in [-0.4, -0.2) is 15.5 Å². The van der Waals surface area contributed by atoms with Crippen molar-refractivity contribution in [2.24, 2.45) is 0 Å². The molecule has 0 bridgehead atoms. The third-order valence-corrected chi connectivity index (χ3v) is 2.79. The van der Waals surface area contributed by atoms with Crippen LogP contribution in [-0.2, 0) is 0 Å². The van der Waals surface area contributed by atoms with Gasteiger partial charge in [0.1, 0.15) is 5.52 Å². The van der Waals surface area contributed by atoms with Crippen LogP contribution in [0, 0.1) is 12.3 Å². The minimum Gasteiger partial charge on any atom is -0.368 e. The van der Waals surface area contributed by atoms with Crippen LogP contribution in [0.25, 0.3) is 11.0 Å². The summed E-state index contributed by atoms with van der Waals surface area (Å²) < 4.78 is 0.908.